The first kappa shape index (κ1) is 25.4. The zero-order valence-corrected chi connectivity index (χ0v) is 21.2. The Hall–Kier alpha value is -3.23. The zero-order chi connectivity index (χ0) is 24.3. The summed E-state index contributed by atoms with van der Waals surface area (Å²) in [5.74, 6) is 0.00202. The van der Waals surface area contributed by atoms with Crippen LogP contribution in [0.4, 0.5) is 11.4 Å². The van der Waals surface area contributed by atoms with Crippen LogP contribution in [0, 0.1) is 0 Å². The molecule has 0 aliphatic rings. The lowest BCUT2D eigenvalue weighted by molar-refractivity contribution is -0.115. The van der Waals surface area contributed by atoms with Crippen molar-refractivity contribution in [2.45, 2.75) is 26.2 Å². The average Bonchev–Trinajstić information content (AvgIpc) is 2.80. The summed E-state index contributed by atoms with van der Waals surface area (Å²) in [4.78, 5) is 25.2. The van der Waals surface area contributed by atoms with E-state index >= 15 is 0 Å². The number of anilines is 2. The van der Waals surface area contributed by atoms with Gasteiger partial charge in [-0.2, -0.15) is 0 Å². The van der Waals surface area contributed by atoms with Crippen molar-refractivity contribution in [3.05, 3.63) is 88.4 Å². The molecule has 34 heavy (non-hydrogen) atoms. The van der Waals surface area contributed by atoms with Gasteiger partial charge in [0.1, 0.15) is 5.75 Å². The molecule has 8 heteroatoms. The van der Waals surface area contributed by atoms with Crippen molar-refractivity contribution in [2.75, 3.05) is 17.2 Å². The SMILES string of the molecule is CCCCOc1ccc(Br)cc1C(=O)NC(=S)Nc1cccc(NC(=O)Cc2ccccc2)c1. The molecule has 0 fully saturated rings. The Morgan fingerprint density at radius 1 is 0.941 bits per heavy atom. The highest BCUT2D eigenvalue weighted by atomic mass is 79.9. The van der Waals surface area contributed by atoms with Gasteiger partial charge < -0.3 is 15.4 Å². The van der Waals surface area contributed by atoms with Crippen molar-refractivity contribution in [1.29, 1.82) is 0 Å². The molecule has 176 valence electrons. The Morgan fingerprint density at radius 2 is 1.68 bits per heavy atom. The third kappa shape index (κ3) is 7.97. The molecule has 0 bridgehead atoms. The summed E-state index contributed by atoms with van der Waals surface area (Å²) in [6.45, 7) is 2.61. The second kappa shape index (κ2) is 12.9. The number of carbonyl (C=O) groups is 2. The van der Waals surface area contributed by atoms with E-state index in [2.05, 4.69) is 38.8 Å². The smallest absolute Gasteiger partial charge is 0.261 e. The first-order chi connectivity index (χ1) is 16.4. The number of nitrogens with one attached hydrogen (secondary N) is 3. The van der Waals surface area contributed by atoms with E-state index in [0.717, 1.165) is 22.9 Å². The summed E-state index contributed by atoms with van der Waals surface area (Å²) in [5, 5.41) is 8.69. The summed E-state index contributed by atoms with van der Waals surface area (Å²) in [7, 11) is 0. The van der Waals surface area contributed by atoms with E-state index in [-0.39, 0.29) is 23.3 Å². The van der Waals surface area contributed by atoms with Gasteiger partial charge in [-0.1, -0.05) is 65.7 Å². The molecule has 0 atom stereocenters. The fourth-order valence-electron chi connectivity index (χ4n) is 3.13. The number of benzene rings is 3. The van der Waals surface area contributed by atoms with Gasteiger partial charge in [-0.15, -0.1) is 0 Å². The monoisotopic (exact) mass is 539 g/mol. The molecule has 0 aliphatic carbocycles. The molecule has 0 aliphatic heterocycles. The molecule has 0 radical (unpaired) electrons. The molecule has 0 spiro atoms. The van der Waals surface area contributed by atoms with E-state index in [1.807, 2.05) is 36.4 Å². The number of carbonyl (C=O) groups excluding carboxylic acids is 2. The fraction of sp³-hybridized carbons (Fsp3) is 0.192. The number of ether oxygens (including phenoxy) is 1. The number of rotatable bonds is 9. The van der Waals surface area contributed by atoms with Gasteiger partial charge in [-0.3, -0.25) is 14.9 Å². The second-order valence-electron chi connectivity index (χ2n) is 7.54. The van der Waals surface area contributed by atoms with E-state index in [0.29, 0.717) is 29.3 Å². The predicted octanol–water partition coefficient (Wildman–Crippen LogP) is 5.94. The Balaban J connectivity index is 1.59. The van der Waals surface area contributed by atoms with Crippen LogP contribution >= 0.6 is 28.1 Å². The lowest BCUT2D eigenvalue weighted by Crippen LogP contribution is -2.34. The minimum Gasteiger partial charge on any atom is -0.493 e. The van der Waals surface area contributed by atoms with Gasteiger partial charge in [-0.05, 0) is 60.6 Å². The van der Waals surface area contributed by atoms with Crippen LogP contribution in [-0.4, -0.2) is 23.5 Å². The summed E-state index contributed by atoms with van der Waals surface area (Å²) in [6.07, 6.45) is 2.18. The van der Waals surface area contributed by atoms with Gasteiger partial charge in [0.2, 0.25) is 5.91 Å². The normalized spacial score (nSPS) is 10.3. The quantitative estimate of drug-likeness (QED) is 0.232. The number of hydrogen-bond acceptors (Lipinski definition) is 4. The number of unbranched alkanes of at least 4 members (excludes halogenated alkanes) is 1. The zero-order valence-electron chi connectivity index (χ0n) is 18.8. The fourth-order valence-corrected chi connectivity index (χ4v) is 3.70. The Labute approximate surface area is 213 Å². The molecule has 3 aromatic rings. The Kier molecular flexibility index (Phi) is 9.61. The molecule has 0 saturated carbocycles. The summed E-state index contributed by atoms with van der Waals surface area (Å²) >= 11 is 8.73. The van der Waals surface area contributed by atoms with E-state index in [4.69, 9.17) is 17.0 Å². The van der Waals surface area contributed by atoms with Crippen molar-refractivity contribution in [3.8, 4) is 5.75 Å². The van der Waals surface area contributed by atoms with Crippen LogP contribution in [-0.2, 0) is 11.2 Å². The second-order valence-corrected chi connectivity index (χ2v) is 8.87. The van der Waals surface area contributed by atoms with Gasteiger partial charge in [0.15, 0.2) is 5.11 Å². The summed E-state index contributed by atoms with van der Waals surface area (Å²) < 4.78 is 6.53. The highest BCUT2D eigenvalue weighted by Gasteiger charge is 2.15. The van der Waals surface area contributed by atoms with Crippen LogP contribution in [0.2, 0.25) is 0 Å². The summed E-state index contributed by atoms with van der Waals surface area (Å²) in [6, 6.07) is 21.9. The lowest BCUT2D eigenvalue weighted by atomic mass is 10.1. The maximum absolute atomic E-state index is 12.8. The van der Waals surface area contributed by atoms with E-state index in [9.17, 15) is 9.59 Å². The van der Waals surface area contributed by atoms with E-state index in [1.165, 1.54) is 0 Å². The van der Waals surface area contributed by atoms with Crippen LogP contribution in [0.5, 0.6) is 5.75 Å². The van der Waals surface area contributed by atoms with E-state index in [1.54, 1.807) is 36.4 Å². The molecular formula is C26H26BrN3O3S. The number of halogens is 1. The van der Waals surface area contributed by atoms with E-state index < -0.39 is 0 Å². The third-order valence-corrected chi connectivity index (χ3v) is 5.48. The van der Waals surface area contributed by atoms with Crippen molar-refractivity contribution in [1.82, 2.24) is 5.32 Å². The number of thiocarbonyl (C=S) groups is 1. The first-order valence-corrected chi connectivity index (χ1v) is 12.1. The summed E-state index contributed by atoms with van der Waals surface area (Å²) in [5.41, 5.74) is 2.58. The van der Waals surface area contributed by atoms with Gasteiger partial charge in [-0.25, -0.2) is 0 Å². The molecule has 6 nitrogen and oxygen atoms in total. The molecule has 0 heterocycles. The van der Waals surface area contributed by atoms with Crippen molar-refractivity contribution >= 4 is 56.4 Å². The van der Waals surface area contributed by atoms with Crippen LogP contribution in [0.3, 0.4) is 0 Å². The average molecular weight is 540 g/mol. The highest BCUT2D eigenvalue weighted by Crippen LogP contribution is 2.24. The number of amides is 2. The highest BCUT2D eigenvalue weighted by molar-refractivity contribution is 9.10. The molecule has 3 aromatic carbocycles. The third-order valence-electron chi connectivity index (χ3n) is 4.78. The number of hydrogen-bond donors (Lipinski definition) is 3. The maximum atomic E-state index is 12.8. The Bertz CT molecular complexity index is 1160. The minimum atomic E-state index is -0.377. The predicted molar refractivity (Wildman–Crippen MR) is 143 cm³/mol. The van der Waals surface area contributed by atoms with Crippen molar-refractivity contribution in [2.24, 2.45) is 0 Å². The molecule has 0 unspecified atom stereocenters. The van der Waals surface area contributed by atoms with Gasteiger partial charge >= 0.3 is 0 Å². The van der Waals surface area contributed by atoms with Crippen molar-refractivity contribution in [3.63, 3.8) is 0 Å². The van der Waals surface area contributed by atoms with Crippen molar-refractivity contribution < 1.29 is 14.3 Å². The van der Waals surface area contributed by atoms with Gasteiger partial charge in [0.25, 0.3) is 5.91 Å². The van der Waals surface area contributed by atoms with Crippen LogP contribution < -0.4 is 20.7 Å². The molecule has 0 aromatic heterocycles. The largest absolute Gasteiger partial charge is 0.493 e. The van der Waals surface area contributed by atoms with Crippen LogP contribution in [0.1, 0.15) is 35.7 Å². The van der Waals surface area contributed by atoms with Gasteiger partial charge in [0.05, 0.1) is 18.6 Å². The molecule has 2 amide bonds. The minimum absolute atomic E-state index is 0.121. The molecule has 3 N–H and O–H groups in total. The first-order valence-electron chi connectivity index (χ1n) is 10.9. The maximum Gasteiger partial charge on any atom is 0.261 e. The van der Waals surface area contributed by atoms with Crippen LogP contribution in [0.25, 0.3) is 0 Å². The Morgan fingerprint density at radius 3 is 2.41 bits per heavy atom. The molecular weight excluding hydrogens is 514 g/mol. The molecule has 0 saturated heterocycles. The molecule has 3 rings (SSSR count). The lowest BCUT2D eigenvalue weighted by Gasteiger charge is -2.14. The topological polar surface area (TPSA) is 79.5 Å². The van der Waals surface area contributed by atoms with Crippen LogP contribution in [0.15, 0.2) is 77.3 Å². The van der Waals surface area contributed by atoms with Gasteiger partial charge in [0, 0.05) is 15.8 Å². The standard InChI is InChI=1S/C26H26BrN3O3S/c1-2-3-14-33-23-13-12-19(27)16-22(23)25(32)30-26(34)29-21-11-7-10-20(17-21)28-24(31)15-18-8-5-4-6-9-18/h4-13,16-17H,2-3,14-15H2,1H3,(H,28,31)(H2,29,30,32,34).